The fourth-order valence-electron chi connectivity index (χ4n) is 4.66. The van der Waals surface area contributed by atoms with E-state index in [1.807, 2.05) is 42.5 Å². The number of piperazine rings is 1. The molecule has 0 aliphatic carbocycles. The van der Waals surface area contributed by atoms with Crippen molar-refractivity contribution in [1.29, 1.82) is 0 Å². The number of nitrogens with zero attached hydrogens (tertiary/aromatic N) is 5. The van der Waals surface area contributed by atoms with Crippen LogP contribution in [0.1, 0.15) is 18.0 Å². The summed E-state index contributed by atoms with van der Waals surface area (Å²) in [5.41, 5.74) is 1.60. The van der Waals surface area contributed by atoms with Crippen molar-refractivity contribution in [2.45, 2.75) is 12.5 Å². The number of nitrogens with one attached hydrogen (secondary N) is 1. The van der Waals surface area contributed by atoms with Crippen molar-refractivity contribution in [2.75, 3.05) is 77.4 Å². The molecule has 1 aromatic heterocycles. The Hall–Kier alpha value is -4.09. The Morgan fingerprint density at radius 2 is 1.77 bits per heavy atom. The van der Waals surface area contributed by atoms with Gasteiger partial charge in [-0.15, -0.1) is 0 Å². The first-order valence-electron chi connectivity index (χ1n) is 13.4. The Balaban J connectivity index is 1.50. The van der Waals surface area contributed by atoms with Crippen LogP contribution in [0.15, 0.2) is 61.1 Å². The normalized spacial score (nSPS) is 14.8. The summed E-state index contributed by atoms with van der Waals surface area (Å²) in [6.45, 7) is 5.93. The molecule has 2 heterocycles. The third-order valence-electron chi connectivity index (χ3n) is 6.90. The predicted octanol–water partition coefficient (Wildman–Crippen LogP) is 3.85. The second-order valence-corrected chi connectivity index (χ2v) is 9.63. The average molecular weight is 551 g/mol. The molecule has 11 nitrogen and oxygen atoms in total. The van der Waals surface area contributed by atoms with Crippen molar-refractivity contribution in [3.8, 4) is 17.2 Å². The maximum atomic E-state index is 12.2. The van der Waals surface area contributed by atoms with Crippen LogP contribution in [0.4, 0.5) is 16.3 Å². The van der Waals surface area contributed by atoms with Crippen LogP contribution in [0, 0.1) is 0 Å². The highest BCUT2D eigenvalue weighted by Gasteiger charge is 2.24. The minimum absolute atomic E-state index is 0.103. The second-order valence-electron chi connectivity index (χ2n) is 9.63. The van der Waals surface area contributed by atoms with Gasteiger partial charge in [0.15, 0.2) is 11.5 Å². The maximum Gasteiger partial charge on any atom is 0.413 e. The smallest absolute Gasteiger partial charge is 0.413 e. The average Bonchev–Trinajstić information content (AvgIpc) is 2.99. The first-order chi connectivity index (χ1) is 19.5. The van der Waals surface area contributed by atoms with Crippen LogP contribution in [0.25, 0.3) is 0 Å². The Kier molecular flexibility index (Phi) is 10.4. The van der Waals surface area contributed by atoms with E-state index in [-0.39, 0.29) is 6.54 Å². The van der Waals surface area contributed by atoms with Gasteiger partial charge in [0.25, 0.3) is 0 Å². The number of amides is 1. The molecule has 1 fully saturated rings. The van der Waals surface area contributed by atoms with Crippen LogP contribution < -0.4 is 24.4 Å². The fraction of sp³-hybridized carbons (Fsp3) is 0.414. The number of hydrogen-bond donors (Lipinski definition) is 2. The number of benzene rings is 2. The highest BCUT2D eigenvalue weighted by Crippen LogP contribution is 2.41. The zero-order valence-electron chi connectivity index (χ0n) is 23.3. The third-order valence-corrected chi connectivity index (χ3v) is 6.90. The van der Waals surface area contributed by atoms with Crippen molar-refractivity contribution in [2.24, 2.45) is 0 Å². The van der Waals surface area contributed by atoms with Gasteiger partial charge in [-0.2, -0.15) is 0 Å². The number of rotatable bonds is 13. The molecule has 0 spiro atoms. The molecule has 1 atom stereocenters. The van der Waals surface area contributed by atoms with Crippen LogP contribution in [0.2, 0.25) is 0 Å². The first kappa shape index (κ1) is 28.9. The molecule has 2 aromatic carbocycles. The lowest BCUT2D eigenvalue weighted by molar-refractivity contribution is 0.144. The molecule has 214 valence electrons. The Morgan fingerprint density at radius 1 is 1.07 bits per heavy atom. The monoisotopic (exact) mass is 550 g/mol. The van der Waals surface area contributed by atoms with Crippen LogP contribution >= 0.6 is 0 Å². The topological polar surface area (TPSA) is 113 Å². The van der Waals surface area contributed by atoms with Gasteiger partial charge in [-0.3, -0.25) is 4.90 Å². The van der Waals surface area contributed by atoms with Crippen LogP contribution in [0.3, 0.4) is 0 Å². The lowest BCUT2D eigenvalue weighted by Crippen LogP contribution is -2.44. The van der Waals surface area contributed by atoms with Gasteiger partial charge in [0, 0.05) is 56.7 Å². The molecular weight excluding hydrogens is 512 g/mol. The highest BCUT2D eigenvalue weighted by atomic mass is 16.5. The molecule has 40 heavy (non-hydrogen) atoms. The number of likely N-dealkylation sites (N-methyl/N-ethyl adjacent to an activating group) is 1. The molecule has 1 saturated heterocycles. The van der Waals surface area contributed by atoms with Crippen LogP contribution in [0.5, 0.6) is 17.2 Å². The Bertz CT molecular complexity index is 1180. The van der Waals surface area contributed by atoms with Crippen molar-refractivity contribution in [1.82, 2.24) is 19.8 Å². The number of anilines is 2. The van der Waals surface area contributed by atoms with Crippen molar-refractivity contribution in [3.05, 3.63) is 66.6 Å². The van der Waals surface area contributed by atoms with Gasteiger partial charge in [0.2, 0.25) is 5.75 Å². The van der Waals surface area contributed by atoms with Gasteiger partial charge in [0.05, 0.1) is 33.4 Å². The molecule has 11 heteroatoms. The number of hydrogen-bond acceptors (Lipinski definition) is 9. The molecular formula is C29H38N6O5. The van der Waals surface area contributed by atoms with Gasteiger partial charge in [0.1, 0.15) is 12.1 Å². The van der Waals surface area contributed by atoms with E-state index in [9.17, 15) is 9.90 Å². The molecule has 3 aromatic rings. The summed E-state index contributed by atoms with van der Waals surface area (Å²) in [7, 11) is 5.33. The van der Waals surface area contributed by atoms with Gasteiger partial charge in [-0.05, 0) is 25.1 Å². The first-order valence-corrected chi connectivity index (χ1v) is 13.4. The quantitative estimate of drug-likeness (QED) is 0.304. The number of ether oxygens (including phenoxy) is 3. The summed E-state index contributed by atoms with van der Waals surface area (Å²) in [6.07, 6.45) is 2.62. The van der Waals surface area contributed by atoms with E-state index in [2.05, 4.69) is 32.1 Å². The Labute approximate surface area is 235 Å². The predicted molar refractivity (Wildman–Crippen MR) is 154 cm³/mol. The van der Waals surface area contributed by atoms with E-state index in [4.69, 9.17) is 14.2 Å². The SMILES string of the molecule is COc1cc(NC(CN(C(=O)O)c2ccncn2)c2ccccc2)cc(OC)c1OCCCN1CCN(C)CC1. The summed E-state index contributed by atoms with van der Waals surface area (Å²) < 4.78 is 17.5. The standard InChI is InChI=1S/C29H38N6O5/c1-33-13-15-34(16-14-33)12-7-17-40-28-25(38-2)18-23(19-26(28)39-3)32-24(22-8-5-4-6-9-22)20-35(29(36)37)27-10-11-30-21-31-27/h4-6,8-11,18-19,21,24,32H,7,12-17,20H2,1-3H3,(H,36,37). The van der Waals surface area contributed by atoms with Gasteiger partial charge in [-0.1, -0.05) is 30.3 Å². The Morgan fingerprint density at radius 3 is 2.38 bits per heavy atom. The number of methoxy groups -OCH3 is 2. The second kappa shape index (κ2) is 14.3. The molecule has 2 N–H and O–H groups in total. The molecule has 1 aliphatic heterocycles. The number of carbonyl (C=O) groups is 1. The van der Waals surface area contributed by atoms with Crippen LogP contribution in [-0.2, 0) is 0 Å². The third kappa shape index (κ3) is 7.73. The summed E-state index contributed by atoms with van der Waals surface area (Å²) in [4.78, 5) is 26.2. The molecule has 1 unspecified atom stereocenters. The van der Waals surface area contributed by atoms with Gasteiger partial charge < -0.3 is 34.4 Å². The largest absolute Gasteiger partial charge is 0.493 e. The summed E-state index contributed by atoms with van der Waals surface area (Å²) in [5, 5.41) is 13.4. The molecule has 1 amide bonds. The summed E-state index contributed by atoms with van der Waals surface area (Å²) >= 11 is 0. The van der Waals surface area contributed by atoms with Crippen molar-refractivity contribution >= 4 is 17.6 Å². The van der Waals surface area contributed by atoms with E-state index < -0.39 is 12.1 Å². The summed E-state index contributed by atoms with van der Waals surface area (Å²) in [5.74, 6) is 1.89. The fourth-order valence-corrected chi connectivity index (χ4v) is 4.66. The minimum Gasteiger partial charge on any atom is -0.493 e. The van der Waals surface area contributed by atoms with E-state index >= 15 is 0 Å². The molecule has 0 radical (unpaired) electrons. The minimum atomic E-state index is -1.11. The lowest BCUT2D eigenvalue weighted by atomic mass is 10.1. The summed E-state index contributed by atoms with van der Waals surface area (Å²) in [6, 6.07) is 14.5. The highest BCUT2D eigenvalue weighted by molar-refractivity contribution is 5.84. The number of aromatic nitrogens is 2. The molecule has 4 rings (SSSR count). The van der Waals surface area contributed by atoms with Crippen molar-refractivity contribution < 1.29 is 24.1 Å². The van der Waals surface area contributed by atoms with Gasteiger partial charge in [-0.25, -0.2) is 14.8 Å². The van der Waals surface area contributed by atoms with Gasteiger partial charge >= 0.3 is 6.09 Å². The molecule has 1 aliphatic rings. The van der Waals surface area contributed by atoms with Crippen molar-refractivity contribution in [3.63, 3.8) is 0 Å². The zero-order chi connectivity index (χ0) is 28.3. The maximum absolute atomic E-state index is 12.2. The molecule has 0 saturated carbocycles. The number of carboxylic acid groups (broad SMARTS) is 1. The van der Waals surface area contributed by atoms with E-state index in [0.717, 1.165) is 44.7 Å². The van der Waals surface area contributed by atoms with E-state index in [0.29, 0.717) is 35.4 Å². The van der Waals surface area contributed by atoms with E-state index in [1.54, 1.807) is 20.3 Å². The van der Waals surface area contributed by atoms with Crippen LogP contribution in [-0.4, -0.2) is 98.1 Å². The molecule has 0 bridgehead atoms. The zero-order valence-corrected chi connectivity index (χ0v) is 23.3. The van der Waals surface area contributed by atoms with E-state index in [1.165, 1.54) is 17.4 Å². The lowest BCUT2D eigenvalue weighted by Gasteiger charge is -2.32.